The Hall–Kier alpha value is -0.840. The fourth-order valence-electron chi connectivity index (χ4n) is 0.623. The second-order valence-electron chi connectivity index (χ2n) is 1.95. The molecule has 0 aromatic carbocycles. The lowest BCUT2D eigenvalue weighted by molar-refractivity contribution is 0.147. The van der Waals surface area contributed by atoms with Gasteiger partial charge in [0.1, 0.15) is 0 Å². The molecule has 6 heteroatoms. The van der Waals surface area contributed by atoms with Gasteiger partial charge in [-0.2, -0.15) is 5.10 Å². The number of aryl methyl sites for hydroxylation is 1. The first kappa shape index (κ1) is 10.2. The molecular formula is C5H8ClF2N3. The molecule has 1 aromatic heterocycles. The van der Waals surface area contributed by atoms with Crippen LogP contribution in [0, 0.1) is 6.92 Å². The van der Waals surface area contributed by atoms with Crippen molar-refractivity contribution >= 4 is 18.1 Å². The molecule has 0 radical (unpaired) electrons. The first-order valence-electron chi connectivity index (χ1n) is 2.71. The molecule has 11 heavy (non-hydrogen) atoms. The first-order chi connectivity index (χ1) is 4.63. The van der Waals surface area contributed by atoms with Crippen LogP contribution in [-0.4, -0.2) is 10.2 Å². The average Bonchev–Trinajstić information content (AvgIpc) is 2.14. The highest BCUT2D eigenvalue weighted by atomic mass is 35.5. The fraction of sp³-hybridized carbons (Fsp3) is 0.400. The number of rotatable bonds is 1. The van der Waals surface area contributed by atoms with Gasteiger partial charge in [-0.15, -0.1) is 12.4 Å². The van der Waals surface area contributed by atoms with Crippen LogP contribution >= 0.6 is 12.4 Å². The molecule has 0 bridgehead atoms. The van der Waals surface area contributed by atoms with Crippen LogP contribution in [0.2, 0.25) is 0 Å². The van der Waals surface area contributed by atoms with E-state index >= 15 is 0 Å². The summed E-state index contributed by atoms with van der Waals surface area (Å²) in [5.74, 6) is 0. The Bertz CT molecular complexity index is 236. The number of halogens is 3. The molecule has 1 heterocycles. The van der Waals surface area contributed by atoms with Gasteiger partial charge in [-0.3, -0.25) is 5.10 Å². The lowest BCUT2D eigenvalue weighted by atomic mass is 10.3. The van der Waals surface area contributed by atoms with E-state index in [1.54, 1.807) is 6.92 Å². The smallest absolute Gasteiger partial charge is 0.284 e. The van der Waals surface area contributed by atoms with E-state index in [-0.39, 0.29) is 23.8 Å². The SMILES string of the molecule is Cc1[nH]nc(C(F)F)c1N.Cl. The number of H-pyrrole nitrogens is 1. The Kier molecular flexibility index (Phi) is 3.25. The monoisotopic (exact) mass is 183 g/mol. The fourth-order valence-corrected chi connectivity index (χ4v) is 0.623. The van der Waals surface area contributed by atoms with Crippen LogP contribution in [0.4, 0.5) is 14.5 Å². The van der Waals surface area contributed by atoms with Crippen molar-refractivity contribution in [1.29, 1.82) is 0 Å². The highest BCUT2D eigenvalue weighted by Gasteiger charge is 2.15. The lowest BCUT2D eigenvalue weighted by Gasteiger charge is -1.93. The highest BCUT2D eigenvalue weighted by molar-refractivity contribution is 5.85. The summed E-state index contributed by atoms with van der Waals surface area (Å²) in [5, 5.41) is 5.68. The predicted molar refractivity (Wildman–Crippen MR) is 39.9 cm³/mol. The van der Waals surface area contributed by atoms with Crippen LogP contribution in [-0.2, 0) is 0 Å². The lowest BCUT2D eigenvalue weighted by Crippen LogP contribution is -1.92. The maximum Gasteiger partial charge on any atom is 0.284 e. The molecule has 1 rings (SSSR count). The quantitative estimate of drug-likeness (QED) is 0.696. The normalized spacial score (nSPS) is 9.82. The molecule has 3 N–H and O–H groups in total. The Labute approximate surface area is 68.4 Å². The molecule has 0 fully saturated rings. The van der Waals surface area contributed by atoms with Crippen molar-refractivity contribution in [1.82, 2.24) is 10.2 Å². The molecule has 0 saturated carbocycles. The van der Waals surface area contributed by atoms with Gasteiger partial charge in [-0.1, -0.05) is 0 Å². The summed E-state index contributed by atoms with van der Waals surface area (Å²) < 4.78 is 23.8. The molecule has 0 saturated heterocycles. The van der Waals surface area contributed by atoms with Crippen LogP contribution in [0.3, 0.4) is 0 Å². The van der Waals surface area contributed by atoms with Gasteiger partial charge in [0, 0.05) is 0 Å². The number of alkyl halides is 2. The Balaban J connectivity index is 0.000001000. The van der Waals surface area contributed by atoms with E-state index in [9.17, 15) is 8.78 Å². The minimum absolute atomic E-state index is 0. The number of nitrogens with one attached hydrogen (secondary N) is 1. The summed E-state index contributed by atoms with van der Waals surface area (Å²) in [4.78, 5) is 0. The highest BCUT2D eigenvalue weighted by Crippen LogP contribution is 2.23. The maximum absolute atomic E-state index is 11.9. The molecule has 0 aliphatic carbocycles. The average molecular weight is 184 g/mol. The number of hydrogen-bond acceptors (Lipinski definition) is 2. The maximum atomic E-state index is 11.9. The molecule has 1 aromatic rings. The van der Waals surface area contributed by atoms with Gasteiger partial charge in [0.25, 0.3) is 6.43 Å². The zero-order valence-electron chi connectivity index (χ0n) is 5.77. The van der Waals surface area contributed by atoms with Crippen LogP contribution < -0.4 is 5.73 Å². The van der Waals surface area contributed by atoms with Crippen molar-refractivity contribution in [3.63, 3.8) is 0 Å². The standard InChI is InChI=1S/C5H7F2N3.ClH/c1-2-3(8)4(5(6)7)10-9-2;/h5H,8H2,1H3,(H,9,10);1H. The van der Waals surface area contributed by atoms with Crippen LogP contribution in [0.25, 0.3) is 0 Å². The Morgan fingerprint density at radius 2 is 2.09 bits per heavy atom. The third kappa shape index (κ3) is 1.80. The van der Waals surface area contributed by atoms with Crippen molar-refractivity contribution < 1.29 is 8.78 Å². The molecule has 64 valence electrons. The Morgan fingerprint density at radius 3 is 2.27 bits per heavy atom. The number of nitrogens with two attached hydrogens (primary N) is 1. The zero-order valence-corrected chi connectivity index (χ0v) is 6.58. The first-order valence-corrected chi connectivity index (χ1v) is 2.71. The molecule has 0 amide bonds. The summed E-state index contributed by atoms with van der Waals surface area (Å²) in [6.07, 6.45) is -2.59. The molecule has 0 aliphatic heterocycles. The van der Waals surface area contributed by atoms with Crippen LogP contribution in [0.5, 0.6) is 0 Å². The molecule has 0 aliphatic rings. The second kappa shape index (κ2) is 3.52. The zero-order chi connectivity index (χ0) is 7.72. The number of aromatic amines is 1. The molecule has 0 unspecified atom stereocenters. The summed E-state index contributed by atoms with van der Waals surface area (Å²) >= 11 is 0. The minimum atomic E-state index is -2.59. The van der Waals surface area contributed by atoms with E-state index in [1.807, 2.05) is 0 Å². The van der Waals surface area contributed by atoms with E-state index in [4.69, 9.17) is 5.73 Å². The van der Waals surface area contributed by atoms with Crippen molar-refractivity contribution in [3.05, 3.63) is 11.4 Å². The van der Waals surface area contributed by atoms with E-state index in [2.05, 4.69) is 10.2 Å². The van der Waals surface area contributed by atoms with Crippen molar-refractivity contribution in [3.8, 4) is 0 Å². The number of nitrogens with zero attached hydrogens (tertiary/aromatic N) is 1. The van der Waals surface area contributed by atoms with Crippen molar-refractivity contribution in [2.24, 2.45) is 0 Å². The topological polar surface area (TPSA) is 54.7 Å². The second-order valence-corrected chi connectivity index (χ2v) is 1.95. The van der Waals surface area contributed by atoms with E-state index in [1.165, 1.54) is 0 Å². The van der Waals surface area contributed by atoms with Gasteiger partial charge >= 0.3 is 0 Å². The van der Waals surface area contributed by atoms with Crippen molar-refractivity contribution in [2.45, 2.75) is 13.3 Å². The number of aromatic nitrogens is 2. The third-order valence-corrected chi connectivity index (χ3v) is 1.23. The Morgan fingerprint density at radius 1 is 1.55 bits per heavy atom. The van der Waals surface area contributed by atoms with Gasteiger partial charge in [0.05, 0.1) is 11.4 Å². The van der Waals surface area contributed by atoms with Crippen LogP contribution in [0.15, 0.2) is 0 Å². The van der Waals surface area contributed by atoms with Gasteiger partial charge < -0.3 is 5.73 Å². The van der Waals surface area contributed by atoms with E-state index in [0.717, 1.165) is 0 Å². The molecule has 0 spiro atoms. The van der Waals surface area contributed by atoms with Gasteiger partial charge in [-0.05, 0) is 6.92 Å². The largest absolute Gasteiger partial charge is 0.396 e. The van der Waals surface area contributed by atoms with E-state index in [0.29, 0.717) is 5.69 Å². The molecule has 3 nitrogen and oxygen atoms in total. The van der Waals surface area contributed by atoms with Crippen LogP contribution in [0.1, 0.15) is 17.8 Å². The summed E-state index contributed by atoms with van der Waals surface area (Å²) in [5.41, 5.74) is 5.40. The number of hydrogen-bond donors (Lipinski definition) is 2. The molecular weight excluding hydrogens is 176 g/mol. The van der Waals surface area contributed by atoms with Gasteiger partial charge in [-0.25, -0.2) is 8.78 Å². The number of nitrogen functional groups attached to an aromatic ring is 1. The summed E-state index contributed by atoms with van der Waals surface area (Å²) in [7, 11) is 0. The van der Waals surface area contributed by atoms with Gasteiger partial charge in [0.15, 0.2) is 5.69 Å². The molecule has 0 atom stereocenters. The van der Waals surface area contributed by atoms with Crippen molar-refractivity contribution in [2.75, 3.05) is 5.73 Å². The van der Waals surface area contributed by atoms with E-state index < -0.39 is 6.43 Å². The van der Waals surface area contributed by atoms with Gasteiger partial charge in [0.2, 0.25) is 0 Å². The predicted octanol–water partition coefficient (Wildman–Crippen LogP) is 1.66. The minimum Gasteiger partial charge on any atom is -0.396 e. The summed E-state index contributed by atoms with van der Waals surface area (Å²) in [6, 6.07) is 0. The third-order valence-electron chi connectivity index (χ3n) is 1.23. The number of anilines is 1. The summed E-state index contributed by atoms with van der Waals surface area (Å²) in [6.45, 7) is 1.59.